The van der Waals surface area contributed by atoms with Crippen LogP contribution in [-0.4, -0.2) is 15.7 Å². The fourth-order valence-electron chi connectivity index (χ4n) is 7.69. The Kier molecular flexibility index (Phi) is 5.19. The van der Waals surface area contributed by atoms with Crippen LogP contribution >= 0.6 is 0 Å². The van der Waals surface area contributed by atoms with Gasteiger partial charge in [-0.3, -0.25) is 0 Å². The first-order valence-electron chi connectivity index (χ1n) is 15.4. The van der Waals surface area contributed by atoms with E-state index in [9.17, 15) is 0 Å². The van der Waals surface area contributed by atoms with Crippen molar-refractivity contribution in [3.8, 4) is 0 Å². The van der Waals surface area contributed by atoms with Crippen LogP contribution in [-0.2, 0) is 0 Å². The summed E-state index contributed by atoms with van der Waals surface area (Å²) in [7, 11) is 0. The van der Waals surface area contributed by atoms with Gasteiger partial charge in [0, 0.05) is 49.3 Å². The summed E-state index contributed by atoms with van der Waals surface area (Å²) in [6, 6.07) is 35.0. The standard InChI is InChI=1S/C40H32N4/c1-21-33-25-13-5-7-15-27(25)35(41-33)22(2)37-29-17-9-11-19-31(29)39(43-37)24(4)40-32-20-12-10-18-30(32)38(44-40)23(3)36-28-16-8-6-14-26(28)34(21)42-36/h5-20,33,41-43H,1-4H3/b34-21-,35-22-,36-23-,40-24-. The van der Waals surface area contributed by atoms with E-state index in [0.29, 0.717) is 0 Å². The Hall–Kier alpha value is -5.35. The Morgan fingerprint density at radius 1 is 0.523 bits per heavy atom. The molecule has 4 aromatic carbocycles. The number of allylic oxidation sites excluding steroid dienone is 2. The van der Waals surface area contributed by atoms with Crippen LogP contribution in [0.15, 0.2) is 102 Å². The van der Waals surface area contributed by atoms with Crippen molar-refractivity contribution in [2.45, 2.75) is 33.7 Å². The van der Waals surface area contributed by atoms with Crippen LogP contribution in [0, 0.1) is 0 Å². The molecule has 0 amide bonds. The highest BCUT2D eigenvalue weighted by Gasteiger charge is 2.31. The minimum atomic E-state index is 0.0396. The largest absolute Gasteiger partial charge is 0.374 e. The molecule has 0 spiro atoms. The number of hydrogen-bond donors (Lipinski definition) is 3. The monoisotopic (exact) mass is 568 g/mol. The molecule has 4 heteroatoms. The minimum absolute atomic E-state index is 0.0396. The van der Waals surface area contributed by atoms with E-state index in [-0.39, 0.29) is 6.04 Å². The van der Waals surface area contributed by atoms with Crippen molar-refractivity contribution in [2.24, 2.45) is 4.99 Å². The molecule has 6 aromatic rings. The summed E-state index contributed by atoms with van der Waals surface area (Å²) in [5.74, 6) is 0. The average molecular weight is 569 g/mol. The number of hydrogen-bond acceptors (Lipinski definition) is 2. The number of aromatic nitrogens is 2. The van der Waals surface area contributed by atoms with Crippen LogP contribution in [0.2, 0.25) is 0 Å². The van der Waals surface area contributed by atoms with Crippen LogP contribution in [0.3, 0.4) is 0 Å². The highest BCUT2D eigenvalue weighted by molar-refractivity contribution is 6.33. The highest BCUT2D eigenvalue weighted by atomic mass is 15.0. The lowest BCUT2D eigenvalue weighted by atomic mass is 9.96. The van der Waals surface area contributed by atoms with Gasteiger partial charge >= 0.3 is 0 Å². The maximum absolute atomic E-state index is 5.43. The molecule has 3 aliphatic heterocycles. The number of nitrogens with zero attached hydrogens (tertiary/aromatic N) is 1. The van der Waals surface area contributed by atoms with Crippen LogP contribution in [0.25, 0.3) is 55.2 Å². The second kappa shape index (κ2) is 9.08. The molecule has 212 valence electrons. The first kappa shape index (κ1) is 25.2. The number of nitrogens with one attached hydrogen (secondary N) is 3. The number of H-pyrrole nitrogens is 2. The van der Waals surface area contributed by atoms with Gasteiger partial charge in [0.25, 0.3) is 0 Å². The number of fused-ring (bicyclic) bond motifs is 19. The van der Waals surface area contributed by atoms with E-state index in [1.807, 2.05) is 0 Å². The van der Waals surface area contributed by atoms with Crippen molar-refractivity contribution < 1.29 is 0 Å². The third-order valence-electron chi connectivity index (χ3n) is 9.96. The van der Waals surface area contributed by atoms with E-state index in [1.54, 1.807) is 0 Å². The predicted octanol–water partition coefficient (Wildman–Crippen LogP) is 7.93. The molecule has 0 saturated heterocycles. The second-order valence-electron chi connectivity index (χ2n) is 12.3. The lowest BCUT2D eigenvalue weighted by molar-refractivity contribution is 0.819. The summed E-state index contributed by atoms with van der Waals surface area (Å²) < 4.78 is 0. The van der Waals surface area contributed by atoms with Gasteiger partial charge in [0.1, 0.15) is 0 Å². The maximum atomic E-state index is 5.43. The zero-order valence-corrected chi connectivity index (χ0v) is 25.3. The quantitative estimate of drug-likeness (QED) is 0.171. The molecule has 0 radical (unpaired) electrons. The molecule has 8 bridgehead atoms. The van der Waals surface area contributed by atoms with Crippen molar-refractivity contribution in [1.29, 1.82) is 0 Å². The molecular formula is C40H32N4. The third kappa shape index (κ3) is 3.31. The summed E-state index contributed by atoms with van der Waals surface area (Å²) in [5, 5.41) is 11.2. The molecule has 3 N–H and O–H groups in total. The van der Waals surface area contributed by atoms with Gasteiger partial charge in [-0.1, -0.05) is 97.1 Å². The zero-order valence-electron chi connectivity index (χ0n) is 25.3. The fraction of sp³-hybridized carbons (Fsp3) is 0.125. The number of benzene rings is 4. The molecular weight excluding hydrogens is 536 g/mol. The van der Waals surface area contributed by atoms with Crippen LogP contribution in [0.1, 0.15) is 67.4 Å². The molecule has 0 saturated carbocycles. The average Bonchev–Trinajstić information content (AvgIpc) is 3.84. The highest BCUT2D eigenvalue weighted by Crippen LogP contribution is 2.43. The molecule has 4 nitrogen and oxygen atoms in total. The Morgan fingerprint density at radius 3 is 1.82 bits per heavy atom. The summed E-state index contributed by atoms with van der Waals surface area (Å²) in [6.45, 7) is 8.93. The SMILES string of the molecule is C/C1=C2N=C(/C(C)=c3\[nH]/c(c4ccccc34)=C(/C)C3N/C(=C(/C)c4[nH]c1c1ccccc41)c1ccccc13)c1ccccc1/2. The summed E-state index contributed by atoms with van der Waals surface area (Å²) >= 11 is 0. The van der Waals surface area contributed by atoms with Crippen LogP contribution in [0.4, 0.5) is 0 Å². The van der Waals surface area contributed by atoms with Crippen molar-refractivity contribution in [1.82, 2.24) is 15.3 Å². The van der Waals surface area contributed by atoms with Crippen LogP contribution in [0.5, 0.6) is 0 Å². The first-order valence-corrected chi connectivity index (χ1v) is 15.4. The summed E-state index contributed by atoms with van der Waals surface area (Å²) in [6.07, 6.45) is 0. The molecule has 3 aliphatic rings. The molecule has 1 unspecified atom stereocenters. The lowest BCUT2D eigenvalue weighted by Gasteiger charge is -2.15. The van der Waals surface area contributed by atoms with E-state index >= 15 is 0 Å². The zero-order chi connectivity index (χ0) is 29.7. The van der Waals surface area contributed by atoms with E-state index in [1.165, 1.54) is 66.0 Å². The normalized spacial score (nSPS) is 23.1. The number of aliphatic imine (C=N–C) groups is 1. The molecule has 1 atom stereocenters. The van der Waals surface area contributed by atoms with Crippen molar-refractivity contribution in [2.75, 3.05) is 0 Å². The van der Waals surface area contributed by atoms with E-state index in [0.717, 1.165) is 39.3 Å². The summed E-state index contributed by atoms with van der Waals surface area (Å²) in [4.78, 5) is 13.2. The van der Waals surface area contributed by atoms with Gasteiger partial charge in [-0.05, 0) is 55.6 Å². The molecule has 9 rings (SSSR count). The second-order valence-corrected chi connectivity index (χ2v) is 12.3. The van der Waals surface area contributed by atoms with Gasteiger partial charge in [0.15, 0.2) is 0 Å². The number of rotatable bonds is 0. The Labute approximate surface area is 255 Å². The first-order chi connectivity index (χ1) is 21.5. The fourth-order valence-corrected chi connectivity index (χ4v) is 7.69. The van der Waals surface area contributed by atoms with Gasteiger partial charge in [-0.25, -0.2) is 4.99 Å². The molecule has 0 aliphatic carbocycles. The molecule has 44 heavy (non-hydrogen) atoms. The van der Waals surface area contributed by atoms with Crippen molar-refractivity contribution in [3.05, 3.63) is 141 Å². The Bertz CT molecular complexity index is 2450. The molecule has 0 fully saturated rings. The van der Waals surface area contributed by atoms with Gasteiger partial charge in [0.05, 0.1) is 34.2 Å². The van der Waals surface area contributed by atoms with Gasteiger partial charge in [-0.15, -0.1) is 0 Å². The predicted molar refractivity (Wildman–Crippen MR) is 184 cm³/mol. The smallest absolute Gasteiger partial charge is 0.0766 e. The summed E-state index contributed by atoms with van der Waals surface area (Å²) in [5.41, 5.74) is 15.2. The van der Waals surface area contributed by atoms with Gasteiger partial charge in [0.2, 0.25) is 0 Å². The maximum Gasteiger partial charge on any atom is 0.0766 e. The van der Waals surface area contributed by atoms with E-state index < -0.39 is 0 Å². The van der Waals surface area contributed by atoms with Crippen LogP contribution < -0.4 is 16.0 Å². The number of aromatic amines is 2. The molecule has 2 aromatic heterocycles. The Balaban J connectivity index is 1.49. The lowest BCUT2D eigenvalue weighted by Crippen LogP contribution is -2.22. The van der Waals surface area contributed by atoms with Crippen molar-refractivity contribution in [3.63, 3.8) is 0 Å². The van der Waals surface area contributed by atoms with Gasteiger partial charge in [-0.2, -0.15) is 0 Å². The Morgan fingerprint density at radius 2 is 1.09 bits per heavy atom. The third-order valence-corrected chi connectivity index (χ3v) is 9.96. The minimum Gasteiger partial charge on any atom is -0.374 e. The van der Waals surface area contributed by atoms with E-state index in [2.05, 4.69) is 140 Å². The molecule has 5 heterocycles. The van der Waals surface area contributed by atoms with E-state index in [4.69, 9.17) is 4.99 Å². The topological polar surface area (TPSA) is 56.0 Å². The van der Waals surface area contributed by atoms with Crippen molar-refractivity contribution >= 4 is 60.9 Å². The van der Waals surface area contributed by atoms with Gasteiger partial charge < -0.3 is 15.3 Å².